The van der Waals surface area contributed by atoms with E-state index < -0.39 is 0 Å². The highest BCUT2D eigenvalue weighted by molar-refractivity contribution is 5.80. The van der Waals surface area contributed by atoms with Crippen molar-refractivity contribution in [1.29, 1.82) is 0 Å². The molecule has 2 rings (SSSR count). The molecular weight excluding hydrogens is 214 g/mol. The van der Waals surface area contributed by atoms with Crippen LogP contribution in [0.2, 0.25) is 0 Å². The summed E-state index contributed by atoms with van der Waals surface area (Å²) < 4.78 is 0. The van der Waals surface area contributed by atoms with Crippen molar-refractivity contribution >= 4 is 11.7 Å². The maximum absolute atomic E-state index is 11.2. The van der Waals surface area contributed by atoms with E-state index in [4.69, 9.17) is 0 Å². The van der Waals surface area contributed by atoms with Crippen molar-refractivity contribution in [2.75, 3.05) is 18.0 Å². The van der Waals surface area contributed by atoms with E-state index in [9.17, 15) is 4.79 Å². The third kappa shape index (κ3) is 2.81. The van der Waals surface area contributed by atoms with Gasteiger partial charge in [-0.05, 0) is 11.0 Å². The lowest BCUT2D eigenvalue weighted by atomic mass is 9.89. The summed E-state index contributed by atoms with van der Waals surface area (Å²) in [6.07, 6.45) is 5.01. The zero-order valence-electron chi connectivity index (χ0n) is 10.7. The van der Waals surface area contributed by atoms with Gasteiger partial charge in [0.15, 0.2) is 0 Å². The van der Waals surface area contributed by atoms with Crippen molar-refractivity contribution in [2.45, 2.75) is 39.0 Å². The highest BCUT2D eigenvalue weighted by Crippen LogP contribution is 2.22. The van der Waals surface area contributed by atoms with Gasteiger partial charge in [-0.3, -0.25) is 4.79 Å². The Bertz CT molecular complexity index is 396. The molecule has 4 heteroatoms. The molecule has 1 aromatic rings. The molecule has 0 unspecified atom stereocenters. The van der Waals surface area contributed by atoms with Gasteiger partial charge in [-0.2, -0.15) is 0 Å². The number of ketones is 1. The first kappa shape index (κ1) is 12.0. The molecule has 17 heavy (non-hydrogen) atoms. The molecule has 1 aromatic heterocycles. The second-order valence-corrected chi connectivity index (χ2v) is 5.55. The summed E-state index contributed by atoms with van der Waals surface area (Å²) in [5.74, 6) is 1.08. The van der Waals surface area contributed by atoms with E-state index in [1.807, 2.05) is 12.4 Å². The fraction of sp³-hybridized carbons (Fsp3) is 0.615. The maximum Gasteiger partial charge on any atom is 0.225 e. The van der Waals surface area contributed by atoms with Crippen molar-refractivity contribution in [2.24, 2.45) is 0 Å². The van der Waals surface area contributed by atoms with Crippen LogP contribution in [0, 0.1) is 0 Å². The molecule has 1 fully saturated rings. The standard InChI is InChI=1S/C13H19N3O/c1-13(2,3)10-8-14-12(15-9-10)16-6-4-11(17)5-7-16/h8-9H,4-7H2,1-3H3. The number of anilines is 1. The van der Waals surface area contributed by atoms with Gasteiger partial charge in [0.05, 0.1) is 0 Å². The van der Waals surface area contributed by atoms with Crippen LogP contribution in [-0.4, -0.2) is 28.8 Å². The summed E-state index contributed by atoms with van der Waals surface area (Å²) in [7, 11) is 0. The summed E-state index contributed by atoms with van der Waals surface area (Å²) >= 11 is 0. The smallest absolute Gasteiger partial charge is 0.225 e. The van der Waals surface area contributed by atoms with Crippen LogP contribution < -0.4 is 4.90 Å². The van der Waals surface area contributed by atoms with Crippen LogP contribution >= 0.6 is 0 Å². The van der Waals surface area contributed by atoms with Gasteiger partial charge in [0, 0.05) is 38.3 Å². The number of carbonyl (C=O) groups excluding carboxylic acids is 1. The van der Waals surface area contributed by atoms with E-state index in [-0.39, 0.29) is 5.41 Å². The summed E-state index contributed by atoms with van der Waals surface area (Å²) in [6, 6.07) is 0. The highest BCUT2D eigenvalue weighted by Gasteiger charge is 2.19. The molecule has 0 bridgehead atoms. The van der Waals surface area contributed by atoms with Gasteiger partial charge >= 0.3 is 0 Å². The van der Waals surface area contributed by atoms with Crippen LogP contribution in [0.3, 0.4) is 0 Å². The number of piperidine rings is 1. The molecule has 0 amide bonds. The Morgan fingerprint density at radius 3 is 2.12 bits per heavy atom. The molecule has 0 atom stereocenters. The molecule has 1 aliphatic heterocycles. The molecule has 0 radical (unpaired) electrons. The van der Waals surface area contributed by atoms with Gasteiger partial charge in [0.1, 0.15) is 5.78 Å². The van der Waals surface area contributed by atoms with Gasteiger partial charge in [-0.25, -0.2) is 9.97 Å². The average molecular weight is 233 g/mol. The van der Waals surface area contributed by atoms with E-state index in [1.54, 1.807) is 0 Å². The van der Waals surface area contributed by atoms with Crippen molar-refractivity contribution < 1.29 is 4.79 Å². The Morgan fingerprint density at radius 2 is 1.65 bits per heavy atom. The summed E-state index contributed by atoms with van der Waals surface area (Å²) in [5.41, 5.74) is 1.21. The molecule has 0 N–H and O–H groups in total. The van der Waals surface area contributed by atoms with Crippen molar-refractivity contribution in [3.05, 3.63) is 18.0 Å². The third-order valence-corrected chi connectivity index (χ3v) is 3.11. The number of rotatable bonds is 1. The van der Waals surface area contributed by atoms with Gasteiger partial charge in [0.2, 0.25) is 5.95 Å². The Balaban J connectivity index is 2.10. The molecular formula is C13H19N3O. The zero-order chi connectivity index (χ0) is 12.5. The number of aromatic nitrogens is 2. The van der Waals surface area contributed by atoms with Crippen LogP contribution in [0.25, 0.3) is 0 Å². The SMILES string of the molecule is CC(C)(C)c1cnc(N2CCC(=O)CC2)nc1. The Kier molecular flexibility index (Phi) is 3.13. The van der Waals surface area contributed by atoms with Gasteiger partial charge in [-0.1, -0.05) is 20.8 Å². The molecule has 0 saturated carbocycles. The second-order valence-electron chi connectivity index (χ2n) is 5.55. The highest BCUT2D eigenvalue weighted by atomic mass is 16.1. The van der Waals surface area contributed by atoms with Crippen LogP contribution in [0.15, 0.2) is 12.4 Å². The van der Waals surface area contributed by atoms with Crippen molar-refractivity contribution in [3.63, 3.8) is 0 Å². The molecule has 4 nitrogen and oxygen atoms in total. The second kappa shape index (κ2) is 4.43. The fourth-order valence-electron chi connectivity index (χ4n) is 1.83. The topological polar surface area (TPSA) is 46.1 Å². The minimum atomic E-state index is 0.0798. The monoisotopic (exact) mass is 233 g/mol. The Hall–Kier alpha value is -1.45. The normalized spacial score (nSPS) is 17.4. The average Bonchev–Trinajstić information content (AvgIpc) is 2.29. The summed E-state index contributed by atoms with van der Waals surface area (Å²) in [6.45, 7) is 7.92. The number of Topliss-reactive ketones (excluding diaryl/α,β-unsaturated/α-hetero) is 1. The van der Waals surface area contributed by atoms with Gasteiger partial charge < -0.3 is 4.90 Å². The Morgan fingerprint density at radius 1 is 1.12 bits per heavy atom. The van der Waals surface area contributed by atoms with Gasteiger partial charge in [0.25, 0.3) is 0 Å². The zero-order valence-corrected chi connectivity index (χ0v) is 10.7. The van der Waals surface area contributed by atoms with Crippen LogP contribution in [0.1, 0.15) is 39.2 Å². The fourth-order valence-corrected chi connectivity index (χ4v) is 1.83. The predicted molar refractivity (Wildman–Crippen MR) is 67.2 cm³/mol. The lowest BCUT2D eigenvalue weighted by Gasteiger charge is -2.26. The first-order valence-corrected chi connectivity index (χ1v) is 6.06. The van der Waals surface area contributed by atoms with Crippen LogP contribution in [-0.2, 0) is 10.2 Å². The van der Waals surface area contributed by atoms with Crippen molar-refractivity contribution in [3.8, 4) is 0 Å². The molecule has 0 spiro atoms. The van der Waals surface area contributed by atoms with E-state index in [1.165, 1.54) is 0 Å². The van der Waals surface area contributed by atoms with E-state index in [0.717, 1.165) is 24.6 Å². The van der Waals surface area contributed by atoms with E-state index in [0.29, 0.717) is 18.6 Å². The lowest BCUT2D eigenvalue weighted by molar-refractivity contribution is -0.119. The predicted octanol–water partition coefficient (Wildman–Crippen LogP) is 1.94. The first-order chi connectivity index (χ1) is 7.97. The number of hydrogen-bond donors (Lipinski definition) is 0. The minimum absolute atomic E-state index is 0.0798. The molecule has 0 aliphatic carbocycles. The van der Waals surface area contributed by atoms with E-state index in [2.05, 4.69) is 35.6 Å². The Labute approximate surface area is 102 Å². The number of carbonyl (C=O) groups is 1. The van der Waals surface area contributed by atoms with Gasteiger partial charge in [-0.15, -0.1) is 0 Å². The first-order valence-electron chi connectivity index (χ1n) is 6.06. The third-order valence-electron chi connectivity index (χ3n) is 3.11. The molecule has 92 valence electrons. The molecule has 1 saturated heterocycles. The largest absolute Gasteiger partial charge is 0.340 e. The van der Waals surface area contributed by atoms with Crippen LogP contribution in [0.4, 0.5) is 5.95 Å². The van der Waals surface area contributed by atoms with E-state index >= 15 is 0 Å². The molecule has 0 aromatic carbocycles. The maximum atomic E-state index is 11.2. The van der Waals surface area contributed by atoms with Crippen molar-refractivity contribution in [1.82, 2.24) is 9.97 Å². The van der Waals surface area contributed by atoms with Crippen LogP contribution in [0.5, 0.6) is 0 Å². The summed E-state index contributed by atoms with van der Waals surface area (Å²) in [4.78, 5) is 22.0. The quantitative estimate of drug-likeness (QED) is 0.743. The lowest BCUT2D eigenvalue weighted by Crippen LogP contribution is -2.35. The molecule has 1 aliphatic rings. The number of hydrogen-bond acceptors (Lipinski definition) is 4. The number of nitrogens with zero attached hydrogens (tertiary/aromatic N) is 3. The molecule has 2 heterocycles. The summed E-state index contributed by atoms with van der Waals surface area (Å²) in [5, 5.41) is 0. The minimum Gasteiger partial charge on any atom is -0.340 e.